The van der Waals surface area contributed by atoms with Crippen molar-refractivity contribution in [1.82, 2.24) is 14.9 Å². The Morgan fingerprint density at radius 2 is 2.43 bits per heavy atom. The van der Waals surface area contributed by atoms with Crippen LogP contribution in [0.4, 0.5) is 0 Å². The predicted molar refractivity (Wildman–Crippen MR) is 58.3 cm³/mol. The molecule has 0 aromatic carbocycles. The van der Waals surface area contributed by atoms with Gasteiger partial charge in [-0.15, -0.1) is 0 Å². The van der Waals surface area contributed by atoms with Gasteiger partial charge in [0, 0.05) is 31.9 Å². The zero-order valence-electron chi connectivity index (χ0n) is 8.02. The van der Waals surface area contributed by atoms with Gasteiger partial charge in [-0.05, 0) is 12.2 Å². The molecule has 1 rings (SSSR count). The number of rotatable bonds is 6. The van der Waals surface area contributed by atoms with Crippen LogP contribution in [0.25, 0.3) is 0 Å². The molecule has 5 heteroatoms. The van der Waals surface area contributed by atoms with Crippen molar-refractivity contribution in [3.8, 4) is 0 Å². The maximum atomic E-state index is 11.0. The molecule has 4 nitrogen and oxygen atoms in total. The molecule has 0 spiro atoms. The van der Waals surface area contributed by atoms with Gasteiger partial charge in [0.25, 0.3) is 0 Å². The van der Waals surface area contributed by atoms with E-state index in [0.717, 1.165) is 13.0 Å². The van der Waals surface area contributed by atoms with E-state index in [1.165, 1.54) is 0 Å². The molecule has 0 fully saturated rings. The fourth-order valence-corrected chi connectivity index (χ4v) is 1.30. The second-order valence-corrected chi connectivity index (χ2v) is 3.42. The van der Waals surface area contributed by atoms with Crippen molar-refractivity contribution in [3.05, 3.63) is 18.7 Å². The summed E-state index contributed by atoms with van der Waals surface area (Å²) in [5, 5.41) is 2.82. The molecule has 1 aromatic heterocycles. The Labute approximate surface area is 89.1 Å². The topological polar surface area (TPSA) is 46.9 Å². The van der Waals surface area contributed by atoms with E-state index in [4.69, 9.17) is 0 Å². The molecule has 1 heterocycles. The first kappa shape index (κ1) is 11.1. The number of nitrogens with zero attached hydrogens (tertiary/aromatic N) is 2. The summed E-state index contributed by atoms with van der Waals surface area (Å²) in [6, 6.07) is 0. The fourth-order valence-electron chi connectivity index (χ4n) is 1.10. The summed E-state index contributed by atoms with van der Waals surface area (Å²) in [4.78, 5) is 15.0. The van der Waals surface area contributed by atoms with Crippen molar-refractivity contribution in [2.75, 3.05) is 12.3 Å². The van der Waals surface area contributed by atoms with Gasteiger partial charge in [-0.2, -0.15) is 12.6 Å². The smallest absolute Gasteiger partial charge is 0.220 e. The standard InChI is InChI=1S/C9H15N3OS/c13-9(2-7-14)11-3-1-5-12-6-4-10-8-12/h4,6,8,14H,1-3,5,7H2,(H,11,13). The lowest BCUT2D eigenvalue weighted by Crippen LogP contribution is -2.25. The highest BCUT2D eigenvalue weighted by Gasteiger charge is 1.97. The molecule has 0 aliphatic carbocycles. The van der Waals surface area contributed by atoms with Crippen LogP contribution in [-0.4, -0.2) is 27.8 Å². The van der Waals surface area contributed by atoms with E-state index in [1.807, 2.05) is 10.8 Å². The lowest BCUT2D eigenvalue weighted by atomic mass is 10.4. The number of imidazole rings is 1. The maximum Gasteiger partial charge on any atom is 0.220 e. The average molecular weight is 213 g/mol. The fraction of sp³-hybridized carbons (Fsp3) is 0.556. The zero-order valence-corrected chi connectivity index (χ0v) is 8.91. The van der Waals surface area contributed by atoms with Crippen LogP contribution in [0.1, 0.15) is 12.8 Å². The van der Waals surface area contributed by atoms with Gasteiger partial charge in [0.1, 0.15) is 0 Å². The van der Waals surface area contributed by atoms with E-state index < -0.39 is 0 Å². The van der Waals surface area contributed by atoms with Gasteiger partial charge >= 0.3 is 0 Å². The van der Waals surface area contributed by atoms with Crippen LogP contribution in [0.3, 0.4) is 0 Å². The van der Waals surface area contributed by atoms with Crippen molar-refractivity contribution in [2.24, 2.45) is 0 Å². The highest BCUT2D eigenvalue weighted by atomic mass is 32.1. The highest BCUT2D eigenvalue weighted by Crippen LogP contribution is 1.89. The number of hydrogen-bond donors (Lipinski definition) is 2. The monoisotopic (exact) mass is 213 g/mol. The summed E-state index contributed by atoms with van der Waals surface area (Å²) in [7, 11) is 0. The van der Waals surface area contributed by atoms with Crippen molar-refractivity contribution in [2.45, 2.75) is 19.4 Å². The summed E-state index contributed by atoms with van der Waals surface area (Å²) in [5.41, 5.74) is 0. The Morgan fingerprint density at radius 1 is 1.57 bits per heavy atom. The largest absolute Gasteiger partial charge is 0.356 e. The van der Waals surface area contributed by atoms with Crippen molar-refractivity contribution >= 4 is 18.5 Å². The number of amides is 1. The van der Waals surface area contributed by atoms with Crippen LogP contribution in [0, 0.1) is 0 Å². The second-order valence-electron chi connectivity index (χ2n) is 2.98. The van der Waals surface area contributed by atoms with Gasteiger partial charge in [0.2, 0.25) is 5.91 Å². The maximum absolute atomic E-state index is 11.0. The molecule has 78 valence electrons. The molecule has 0 radical (unpaired) electrons. The molecule has 0 atom stereocenters. The number of carbonyl (C=O) groups is 1. The predicted octanol–water partition coefficient (Wildman–Crippen LogP) is 0.709. The van der Waals surface area contributed by atoms with Crippen LogP contribution in [0.5, 0.6) is 0 Å². The van der Waals surface area contributed by atoms with Crippen molar-refractivity contribution < 1.29 is 4.79 Å². The van der Waals surface area contributed by atoms with Gasteiger partial charge in [0.05, 0.1) is 6.33 Å². The normalized spacial score (nSPS) is 10.1. The van der Waals surface area contributed by atoms with Crippen LogP contribution < -0.4 is 5.32 Å². The molecule has 0 saturated heterocycles. The third kappa shape index (κ3) is 4.32. The third-order valence-electron chi connectivity index (χ3n) is 1.81. The first-order valence-electron chi connectivity index (χ1n) is 4.66. The molecule has 0 aliphatic heterocycles. The molecule has 0 aliphatic rings. The van der Waals surface area contributed by atoms with Gasteiger partial charge in [0.15, 0.2) is 0 Å². The Morgan fingerprint density at radius 3 is 3.07 bits per heavy atom. The highest BCUT2D eigenvalue weighted by molar-refractivity contribution is 7.80. The summed E-state index contributed by atoms with van der Waals surface area (Å²) in [6.07, 6.45) is 6.85. The lowest BCUT2D eigenvalue weighted by Gasteiger charge is -2.04. The van der Waals surface area contributed by atoms with Gasteiger partial charge in [-0.1, -0.05) is 0 Å². The van der Waals surface area contributed by atoms with Gasteiger partial charge in [-0.25, -0.2) is 4.98 Å². The first-order chi connectivity index (χ1) is 6.83. The first-order valence-corrected chi connectivity index (χ1v) is 5.29. The molecule has 14 heavy (non-hydrogen) atoms. The third-order valence-corrected chi connectivity index (χ3v) is 2.04. The van der Waals surface area contributed by atoms with Gasteiger partial charge < -0.3 is 9.88 Å². The second kappa shape index (κ2) is 6.48. The molecule has 0 unspecified atom stereocenters. The number of nitrogens with one attached hydrogen (secondary N) is 1. The summed E-state index contributed by atoms with van der Waals surface area (Å²) < 4.78 is 1.99. The van der Waals surface area contributed by atoms with Gasteiger partial charge in [-0.3, -0.25) is 4.79 Å². The van der Waals surface area contributed by atoms with Crippen LogP contribution in [0.2, 0.25) is 0 Å². The minimum Gasteiger partial charge on any atom is -0.356 e. The minimum atomic E-state index is 0.0747. The number of hydrogen-bond acceptors (Lipinski definition) is 3. The van der Waals surface area contributed by atoms with E-state index in [9.17, 15) is 4.79 Å². The number of aromatic nitrogens is 2. The van der Waals surface area contributed by atoms with E-state index in [2.05, 4.69) is 22.9 Å². The quantitative estimate of drug-likeness (QED) is 0.540. The number of carbonyl (C=O) groups excluding carboxylic acids is 1. The Hall–Kier alpha value is -0.970. The summed E-state index contributed by atoms with van der Waals surface area (Å²) in [6.45, 7) is 1.60. The van der Waals surface area contributed by atoms with Crippen molar-refractivity contribution in [1.29, 1.82) is 0 Å². The van der Waals surface area contributed by atoms with Crippen LogP contribution in [0.15, 0.2) is 18.7 Å². The molecular formula is C9H15N3OS. The minimum absolute atomic E-state index is 0.0747. The molecule has 1 aromatic rings. The summed E-state index contributed by atoms with van der Waals surface area (Å²) in [5.74, 6) is 0.679. The zero-order chi connectivity index (χ0) is 10.2. The van der Waals surface area contributed by atoms with E-state index in [0.29, 0.717) is 18.7 Å². The van der Waals surface area contributed by atoms with E-state index in [1.54, 1.807) is 12.5 Å². The van der Waals surface area contributed by atoms with Crippen LogP contribution >= 0.6 is 12.6 Å². The lowest BCUT2D eigenvalue weighted by molar-refractivity contribution is -0.120. The molecule has 0 saturated carbocycles. The van der Waals surface area contributed by atoms with Crippen LogP contribution in [-0.2, 0) is 11.3 Å². The summed E-state index contributed by atoms with van der Waals surface area (Å²) >= 11 is 3.98. The van der Waals surface area contributed by atoms with E-state index in [-0.39, 0.29) is 5.91 Å². The SMILES string of the molecule is O=C(CCS)NCCCn1ccnc1. The Balaban J connectivity index is 2.02. The van der Waals surface area contributed by atoms with E-state index >= 15 is 0 Å². The Kier molecular flexibility index (Phi) is 5.14. The molecule has 1 amide bonds. The molecule has 1 N–H and O–H groups in total. The number of aryl methyl sites for hydroxylation is 1. The van der Waals surface area contributed by atoms with Crippen molar-refractivity contribution in [3.63, 3.8) is 0 Å². The molecule has 0 bridgehead atoms. The Bertz CT molecular complexity index is 261. The number of thiol groups is 1. The molecular weight excluding hydrogens is 198 g/mol. The average Bonchev–Trinajstić information content (AvgIpc) is 2.65.